The van der Waals surface area contributed by atoms with Crippen LogP contribution in [0.2, 0.25) is 0 Å². The first-order valence-corrected chi connectivity index (χ1v) is 9.97. The molecular formula is C23H26BrF4N. The molecule has 0 amide bonds. The Bertz CT molecular complexity index is 777. The highest BCUT2D eigenvalue weighted by Gasteiger charge is 2.49. The van der Waals surface area contributed by atoms with Crippen molar-refractivity contribution in [3.05, 3.63) is 70.8 Å². The van der Waals surface area contributed by atoms with E-state index in [0.717, 1.165) is 29.5 Å². The van der Waals surface area contributed by atoms with Gasteiger partial charge in [-0.2, -0.15) is 0 Å². The summed E-state index contributed by atoms with van der Waals surface area (Å²) in [5.41, 5.74) is 0.878. The Hall–Kier alpha value is -1.40. The summed E-state index contributed by atoms with van der Waals surface area (Å²) in [6, 6.07) is 7.96. The fourth-order valence-corrected chi connectivity index (χ4v) is 5.54. The average Bonchev–Trinajstić information content (AvgIpc) is 2.76. The molecule has 6 heteroatoms. The van der Waals surface area contributed by atoms with Crippen LogP contribution in [-0.2, 0) is 0 Å². The highest BCUT2D eigenvalue weighted by molar-refractivity contribution is 5.34. The van der Waals surface area contributed by atoms with Gasteiger partial charge in [0.1, 0.15) is 23.3 Å². The van der Waals surface area contributed by atoms with Crippen molar-refractivity contribution in [2.75, 3.05) is 14.1 Å². The summed E-state index contributed by atoms with van der Waals surface area (Å²) in [4.78, 5) is 0. The average molecular weight is 472 g/mol. The highest BCUT2D eigenvalue weighted by atomic mass is 79.9. The minimum absolute atomic E-state index is 0. The van der Waals surface area contributed by atoms with Crippen molar-refractivity contribution >= 4 is 0 Å². The van der Waals surface area contributed by atoms with Gasteiger partial charge in [0.05, 0.1) is 26.2 Å². The molecule has 2 aliphatic heterocycles. The van der Waals surface area contributed by atoms with E-state index in [1.165, 1.54) is 37.1 Å². The predicted molar refractivity (Wildman–Crippen MR) is 101 cm³/mol. The number of quaternary nitrogens is 1. The van der Waals surface area contributed by atoms with Crippen molar-refractivity contribution in [1.29, 1.82) is 0 Å². The molecule has 2 heterocycles. The van der Waals surface area contributed by atoms with E-state index in [9.17, 15) is 17.6 Å². The molecule has 2 unspecified atom stereocenters. The van der Waals surface area contributed by atoms with E-state index in [-0.39, 0.29) is 17.0 Å². The van der Waals surface area contributed by atoms with E-state index in [1.807, 2.05) is 0 Å². The molecule has 0 radical (unpaired) electrons. The van der Waals surface area contributed by atoms with Crippen LogP contribution in [0.3, 0.4) is 0 Å². The summed E-state index contributed by atoms with van der Waals surface area (Å²) in [5.74, 6) is -2.74. The lowest BCUT2D eigenvalue weighted by Gasteiger charge is -2.45. The van der Waals surface area contributed by atoms with Crippen molar-refractivity contribution in [2.45, 2.75) is 50.1 Å². The molecule has 0 aliphatic carbocycles. The summed E-state index contributed by atoms with van der Waals surface area (Å²) < 4.78 is 56.6. The Morgan fingerprint density at radius 2 is 1.14 bits per heavy atom. The van der Waals surface area contributed by atoms with Gasteiger partial charge in [0.2, 0.25) is 0 Å². The molecule has 2 atom stereocenters. The smallest absolute Gasteiger partial charge is 0.126 e. The van der Waals surface area contributed by atoms with Gasteiger partial charge in [0.15, 0.2) is 0 Å². The minimum atomic E-state index is -0.668. The van der Waals surface area contributed by atoms with E-state index in [2.05, 4.69) is 14.1 Å². The topological polar surface area (TPSA) is 0 Å². The van der Waals surface area contributed by atoms with Crippen molar-refractivity contribution in [1.82, 2.24) is 0 Å². The number of nitrogens with zero attached hydrogens (tertiary/aromatic N) is 1. The van der Waals surface area contributed by atoms with E-state index in [4.69, 9.17) is 0 Å². The second-order valence-electron chi connectivity index (χ2n) is 9.05. The number of benzene rings is 2. The van der Waals surface area contributed by atoms with E-state index >= 15 is 0 Å². The molecule has 4 rings (SSSR count). The van der Waals surface area contributed by atoms with Gasteiger partial charge in [-0.1, -0.05) is 0 Å². The summed E-state index contributed by atoms with van der Waals surface area (Å²) >= 11 is 0. The maximum absolute atomic E-state index is 13.9. The standard InChI is InChI=1S/C23H26F4N.BrH/c1-28(2)21-3-4-22(28)6-14(5-21)7-23(15-8-17(24)12-18(25)9-15)16-10-19(26)13-20(27)11-16;/h8-14,21-23H,3-7H2,1-2H3;1H/q+1;/p-1. The number of hydrogen-bond acceptors (Lipinski definition) is 0. The zero-order valence-corrected chi connectivity index (χ0v) is 18.2. The summed E-state index contributed by atoms with van der Waals surface area (Å²) in [6.07, 6.45) is 5.11. The first-order chi connectivity index (χ1) is 13.2. The molecule has 2 bridgehead atoms. The molecule has 29 heavy (non-hydrogen) atoms. The van der Waals surface area contributed by atoms with Crippen LogP contribution < -0.4 is 17.0 Å². The van der Waals surface area contributed by atoms with Crippen molar-refractivity contribution in [2.24, 2.45) is 5.92 Å². The first-order valence-electron chi connectivity index (χ1n) is 9.97. The van der Waals surface area contributed by atoms with Gasteiger partial charge < -0.3 is 21.5 Å². The van der Waals surface area contributed by atoms with Gasteiger partial charge >= 0.3 is 0 Å². The Morgan fingerprint density at radius 1 is 0.759 bits per heavy atom. The van der Waals surface area contributed by atoms with Gasteiger partial charge in [0.25, 0.3) is 0 Å². The third-order valence-electron chi connectivity index (χ3n) is 7.07. The molecule has 0 aromatic heterocycles. The molecule has 0 saturated carbocycles. The lowest BCUT2D eigenvalue weighted by Crippen LogP contribution is -3.00. The molecule has 2 aliphatic rings. The Balaban J connectivity index is 0.00000240. The van der Waals surface area contributed by atoms with Crippen LogP contribution in [0.1, 0.15) is 49.1 Å². The van der Waals surface area contributed by atoms with Gasteiger partial charge in [-0.3, -0.25) is 0 Å². The van der Waals surface area contributed by atoms with Gasteiger partial charge in [0, 0.05) is 43.7 Å². The number of piperidine rings is 1. The normalized spacial score (nSPS) is 25.1. The second kappa shape index (κ2) is 8.38. The molecule has 0 spiro atoms. The molecular weight excluding hydrogens is 446 g/mol. The summed E-state index contributed by atoms with van der Waals surface area (Å²) in [6.45, 7) is 0. The quantitative estimate of drug-likeness (QED) is 0.475. The maximum atomic E-state index is 13.9. The largest absolute Gasteiger partial charge is 1.00 e. The van der Waals surface area contributed by atoms with Crippen LogP contribution in [-0.4, -0.2) is 30.7 Å². The fourth-order valence-electron chi connectivity index (χ4n) is 5.54. The Morgan fingerprint density at radius 3 is 1.52 bits per heavy atom. The summed E-state index contributed by atoms with van der Waals surface area (Å²) in [5, 5.41) is 0. The van der Waals surface area contributed by atoms with E-state index < -0.39 is 29.2 Å². The molecule has 2 aromatic rings. The zero-order chi connectivity index (χ0) is 20.1. The SMILES string of the molecule is C[N+]1(C)C2CCC1CC(CC(c1cc(F)cc(F)c1)c1cc(F)cc(F)c1)C2.[Br-]. The van der Waals surface area contributed by atoms with E-state index in [0.29, 0.717) is 35.5 Å². The van der Waals surface area contributed by atoms with Crippen molar-refractivity contribution in [3.63, 3.8) is 0 Å². The number of rotatable bonds is 4. The second-order valence-corrected chi connectivity index (χ2v) is 9.05. The molecule has 2 saturated heterocycles. The highest BCUT2D eigenvalue weighted by Crippen LogP contribution is 2.46. The fraction of sp³-hybridized carbons (Fsp3) is 0.478. The molecule has 158 valence electrons. The predicted octanol–water partition coefficient (Wildman–Crippen LogP) is 2.79. The Kier molecular flexibility index (Phi) is 6.44. The number of hydrogen-bond donors (Lipinski definition) is 0. The molecule has 1 nitrogen and oxygen atoms in total. The lowest BCUT2D eigenvalue weighted by molar-refractivity contribution is -0.931. The first kappa shape index (κ1) is 22.3. The monoisotopic (exact) mass is 471 g/mol. The summed E-state index contributed by atoms with van der Waals surface area (Å²) in [7, 11) is 4.56. The van der Waals surface area contributed by atoms with Gasteiger partial charge in [-0.15, -0.1) is 0 Å². The van der Waals surface area contributed by atoms with Crippen LogP contribution in [0, 0.1) is 29.2 Å². The van der Waals surface area contributed by atoms with E-state index in [1.54, 1.807) is 0 Å². The third-order valence-corrected chi connectivity index (χ3v) is 7.07. The van der Waals surface area contributed by atoms with Crippen molar-refractivity contribution in [3.8, 4) is 0 Å². The Labute approximate surface area is 180 Å². The van der Waals surface area contributed by atoms with Crippen LogP contribution in [0.5, 0.6) is 0 Å². The van der Waals surface area contributed by atoms with Crippen molar-refractivity contribution < 1.29 is 39.0 Å². The zero-order valence-electron chi connectivity index (χ0n) is 16.6. The van der Waals surface area contributed by atoms with Gasteiger partial charge in [-0.05, 0) is 47.7 Å². The molecule has 0 N–H and O–H groups in total. The lowest BCUT2D eigenvalue weighted by atomic mass is 9.78. The minimum Gasteiger partial charge on any atom is -1.00 e. The molecule has 2 fully saturated rings. The maximum Gasteiger partial charge on any atom is 0.126 e. The van der Waals surface area contributed by atoms with Crippen LogP contribution in [0.15, 0.2) is 36.4 Å². The van der Waals surface area contributed by atoms with Crippen LogP contribution in [0.4, 0.5) is 17.6 Å². The van der Waals surface area contributed by atoms with Crippen LogP contribution >= 0.6 is 0 Å². The molecule has 2 aromatic carbocycles. The third kappa shape index (κ3) is 4.53. The number of fused-ring (bicyclic) bond motifs is 2. The number of halogens is 5. The van der Waals surface area contributed by atoms with Crippen LogP contribution in [0.25, 0.3) is 0 Å². The van der Waals surface area contributed by atoms with Gasteiger partial charge in [-0.25, -0.2) is 17.6 Å².